The minimum absolute atomic E-state index is 0.530. The summed E-state index contributed by atoms with van der Waals surface area (Å²) in [5.41, 5.74) is 0. The first-order valence-electron chi connectivity index (χ1n) is 5.23. The molecule has 0 bridgehead atoms. The zero-order valence-corrected chi connectivity index (χ0v) is 8.83. The van der Waals surface area contributed by atoms with Crippen molar-refractivity contribution in [2.45, 2.75) is 32.2 Å². The van der Waals surface area contributed by atoms with Crippen molar-refractivity contribution in [3.05, 3.63) is 36.8 Å². The molecule has 0 amide bonds. The molecule has 2 nitrogen and oxygen atoms in total. The molecule has 0 aliphatic rings. The fraction of sp³-hybridized carbons (Fsp3) is 0.500. The third-order valence-corrected chi connectivity index (χ3v) is 2.26. The van der Waals surface area contributed by atoms with Gasteiger partial charge in [0.15, 0.2) is 0 Å². The molecule has 1 rings (SSSR count). The summed E-state index contributed by atoms with van der Waals surface area (Å²) in [6.45, 7) is 6.90. The molecule has 0 saturated heterocycles. The van der Waals surface area contributed by atoms with Gasteiger partial charge in [-0.15, -0.1) is 6.58 Å². The molecule has 0 aliphatic carbocycles. The molecule has 0 spiro atoms. The second kappa shape index (κ2) is 6.44. The SMILES string of the molecule is C=CCC(CCc1ccco1)NCC. The van der Waals surface area contributed by atoms with Crippen LogP contribution < -0.4 is 5.32 Å². The summed E-state index contributed by atoms with van der Waals surface area (Å²) in [6, 6.07) is 4.49. The van der Waals surface area contributed by atoms with Crippen molar-refractivity contribution in [3.63, 3.8) is 0 Å². The van der Waals surface area contributed by atoms with Crippen LogP contribution in [0.2, 0.25) is 0 Å². The lowest BCUT2D eigenvalue weighted by Gasteiger charge is -2.14. The molecule has 2 heteroatoms. The molecule has 78 valence electrons. The minimum atomic E-state index is 0.530. The first-order valence-corrected chi connectivity index (χ1v) is 5.23. The van der Waals surface area contributed by atoms with E-state index >= 15 is 0 Å². The second-order valence-corrected chi connectivity index (χ2v) is 3.40. The van der Waals surface area contributed by atoms with E-state index in [2.05, 4.69) is 18.8 Å². The first kappa shape index (κ1) is 11.1. The molecule has 1 heterocycles. The van der Waals surface area contributed by atoms with E-state index in [1.807, 2.05) is 18.2 Å². The molecule has 1 N–H and O–H groups in total. The van der Waals surface area contributed by atoms with E-state index in [4.69, 9.17) is 4.42 Å². The van der Waals surface area contributed by atoms with Gasteiger partial charge in [-0.2, -0.15) is 0 Å². The fourth-order valence-electron chi connectivity index (χ4n) is 1.56. The maximum Gasteiger partial charge on any atom is 0.103 e. The average Bonchev–Trinajstić information content (AvgIpc) is 2.67. The predicted octanol–water partition coefficient (Wildman–Crippen LogP) is 2.77. The Bertz CT molecular complexity index is 241. The van der Waals surface area contributed by atoms with E-state index in [-0.39, 0.29) is 0 Å². The first-order chi connectivity index (χ1) is 6.86. The number of rotatable bonds is 7. The van der Waals surface area contributed by atoms with Gasteiger partial charge in [0.2, 0.25) is 0 Å². The molecule has 1 atom stereocenters. The Morgan fingerprint density at radius 1 is 1.64 bits per heavy atom. The Hall–Kier alpha value is -1.02. The van der Waals surface area contributed by atoms with Crippen LogP contribution in [0.3, 0.4) is 0 Å². The van der Waals surface area contributed by atoms with Gasteiger partial charge in [-0.25, -0.2) is 0 Å². The van der Waals surface area contributed by atoms with Crippen molar-refractivity contribution in [1.29, 1.82) is 0 Å². The Morgan fingerprint density at radius 3 is 3.07 bits per heavy atom. The topological polar surface area (TPSA) is 25.2 Å². The van der Waals surface area contributed by atoms with Crippen LogP contribution in [0.1, 0.15) is 25.5 Å². The molecule has 1 aromatic heterocycles. The highest BCUT2D eigenvalue weighted by atomic mass is 16.3. The Morgan fingerprint density at radius 2 is 2.50 bits per heavy atom. The third kappa shape index (κ3) is 3.79. The van der Waals surface area contributed by atoms with E-state index in [0.29, 0.717) is 6.04 Å². The van der Waals surface area contributed by atoms with Crippen molar-refractivity contribution < 1.29 is 4.42 Å². The zero-order valence-electron chi connectivity index (χ0n) is 8.83. The number of nitrogens with one attached hydrogen (secondary N) is 1. The van der Waals surface area contributed by atoms with Crippen molar-refractivity contribution in [3.8, 4) is 0 Å². The molecule has 0 aromatic carbocycles. The summed E-state index contributed by atoms with van der Waals surface area (Å²) < 4.78 is 5.29. The van der Waals surface area contributed by atoms with Gasteiger partial charge < -0.3 is 9.73 Å². The lowest BCUT2D eigenvalue weighted by Crippen LogP contribution is -2.28. The van der Waals surface area contributed by atoms with E-state index in [1.54, 1.807) is 6.26 Å². The predicted molar refractivity (Wildman–Crippen MR) is 59.3 cm³/mol. The van der Waals surface area contributed by atoms with E-state index in [9.17, 15) is 0 Å². The van der Waals surface area contributed by atoms with Gasteiger partial charge in [0.1, 0.15) is 5.76 Å². The molecule has 0 radical (unpaired) electrons. The number of aryl methyl sites for hydroxylation is 1. The second-order valence-electron chi connectivity index (χ2n) is 3.40. The van der Waals surface area contributed by atoms with Gasteiger partial charge in [0.25, 0.3) is 0 Å². The summed E-state index contributed by atoms with van der Waals surface area (Å²) in [6.07, 6.45) is 6.82. The van der Waals surface area contributed by atoms with Crippen LogP contribution in [0.4, 0.5) is 0 Å². The maximum atomic E-state index is 5.29. The smallest absolute Gasteiger partial charge is 0.103 e. The van der Waals surface area contributed by atoms with Gasteiger partial charge in [0, 0.05) is 12.5 Å². The highest BCUT2D eigenvalue weighted by Crippen LogP contribution is 2.08. The Balaban J connectivity index is 2.28. The highest BCUT2D eigenvalue weighted by molar-refractivity contribution is 4.98. The lowest BCUT2D eigenvalue weighted by molar-refractivity contribution is 0.451. The number of hydrogen-bond donors (Lipinski definition) is 1. The molecule has 1 aromatic rings. The van der Waals surface area contributed by atoms with E-state index < -0.39 is 0 Å². The van der Waals surface area contributed by atoms with Gasteiger partial charge in [-0.1, -0.05) is 13.0 Å². The molecular formula is C12H19NO. The van der Waals surface area contributed by atoms with Gasteiger partial charge in [-0.3, -0.25) is 0 Å². The molecule has 14 heavy (non-hydrogen) atoms. The quantitative estimate of drug-likeness (QED) is 0.674. The summed E-state index contributed by atoms with van der Waals surface area (Å²) in [7, 11) is 0. The largest absolute Gasteiger partial charge is 0.469 e. The molecule has 1 unspecified atom stereocenters. The zero-order chi connectivity index (χ0) is 10.2. The third-order valence-electron chi connectivity index (χ3n) is 2.26. The standard InChI is InChI=1S/C12H19NO/c1-3-6-11(13-4-2)8-9-12-7-5-10-14-12/h3,5,7,10-11,13H,1,4,6,8-9H2,2H3. The van der Waals surface area contributed by atoms with Crippen LogP contribution in [-0.4, -0.2) is 12.6 Å². The van der Waals surface area contributed by atoms with Crippen molar-refractivity contribution in [1.82, 2.24) is 5.32 Å². The summed E-state index contributed by atoms with van der Waals surface area (Å²) >= 11 is 0. The minimum Gasteiger partial charge on any atom is -0.469 e. The monoisotopic (exact) mass is 193 g/mol. The lowest BCUT2D eigenvalue weighted by atomic mass is 10.1. The Labute approximate surface area is 86.0 Å². The van der Waals surface area contributed by atoms with E-state index in [0.717, 1.165) is 31.6 Å². The van der Waals surface area contributed by atoms with Crippen LogP contribution >= 0.6 is 0 Å². The van der Waals surface area contributed by atoms with Crippen LogP contribution in [0, 0.1) is 0 Å². The van der Waals surface area contributed by atoms with Crippen LogP contribution in [0.25, 0.3) is 0 Å². The summed E-state index contributed by atoms with van der Waals surface area (Å²) in [4.78, 5) is 0. The van der Waals surface area contributed by atoms with E-state index in [1.165, 1.54) is 0 Å². The maximum absolute atomic E-state index is 5.29. The van der Waals surface area contributed by atoms with Gasteiger partial charge >= 0.3 is 0 Å². The van der Waals surface area contributed by atoms with Gasteiger partial charge in [0.05, 0.1) is 6.26 Å². The number of furan rings is 1. The normalized spacial score (nSPS) is 12.6. The van der Waals surface area contributed by atoms with Crippen LogP contribution in [0.5, 0.6) is 0 Å². The Kier molecular flexibility index (Phi) is 5.08. The molecule has 0 saturated carbocycles. The van der Waals surface area contributed by atoms with Crippen molar-refractivity contribution >= 4 is 0 Å². The summed E-state index contributed by atoms with van der Waals surface area (Å²) in [5.74, 6) is 1.07. The van der Waals surface area contributed by atoms with Crippen LogP contribution in [-0.2, 0) is 6.42 Å². The van der Waals surface area contributed by atoms with Crippen molar-refractivity contribution in [2.24, 2.45) is 0 Å². The van der Waals surface area contributed by atoms with Crippen molar-refractivity contribution in [2.75, 3.05) is 6.54 Å². The van der Waals surface area contributed by atoms with Gasteiger partial charge in [-0.05, 0) is 31.5 Å². The highest BCUT2D eigenvalue weighted by Gasteiger charge is 2.06. The molecule has 0 fully saturated rings. The number of hydrogen-bond acceptors (Lipinski definition) is 2. The molecular weight excluding hydrogens is 174 g/mol. The average molecular weight is 193 g/mol. The summed E-state index contributed by atoms with van der Waals surface area (Å²) in [5, 5.41) is 3.43. The molecule has 0 aliphatic heterocycles. The van der Waals surface area contributed by atoms with Crippen LogP contribution in [0.15, 0.2) is 35.5 Å². The fourth-order valence-corrected chi connectivity index (χ4v) is 1.56.